The first-order valence-electron chi connectivity index (χ1n) is 7.02. The molecule has 0 bridgehead atoms. The van der Waals surface area contributed by atoms with E-state index in [2.05, 4.69) is 6.92 Å². The molecule has 0 unspecified atom stereocenters. The molecule has 0 saturated carbocycles. The molecule has 4 nitrogen and oxygen atoms in total. The molecule has 1 rings (SSSR count). The van der Waals surface area contributed by atoms with Crippen molar-refractivity contribution in [1.29, 1.82) is 0 Å². The highest BCUT2D eigenvalue weighted by molar-refractivity contribution is 5.92. The summed E-state index contributed by atoms with van der Waals surface area (Å²) in [6.07, 6.45) is 4.22. The molecule has 110 valence electrons. The number of hydrogen-bond acceptors (Lipinski definition) is 3. The Kier molecular flexibility index (Phi) is 7.43. The van der Waals surface area contributed by atoms with Crippen molar-refractivity contribution in [3.63, 3.8) is 0 Å². The molecule has 0 fully saturated rings. The molecule has 0 aliphatic rings. The van der Waals surface area contributed by atoms with Gasteiger partial charge in [-0.25, -0.2) is 0 Å². The Morgan fingerprint density at radius 2 is 2.10 bits per heavy atom. The third kappa shape index (κ3) is 5.05. The van der Waals surface area contributed by atoms with E-state index in [1.165, 1.54) is 6.08 Å². The highest BCUT2D eigenvalue weighted by Crippen LogP contribution is 2.19. The quantitative estimate of drug-likeness (QED) is 0.742. The van der Waals surface area contributed by atoms with Crippen LogP contribution >= 0.6 is 0 Å². The molecule has 0 saturated heterocycles. The number of carbonyl (C=O) groups excluding carboxylic acids is 1. The van der Waals surface area contributed by atoms with E-state index in [9.17, 15) is 4.79 Å². The molecule has 0 atom stereocenters. The largest absolute Gasteiger partial charge is 0.493 e. The molecular formula is C16H23NO3. The second-order valence-electron chi connectivity index (χ2n) is 4.36. The van der Waals surface area contributed by atoms with Gasteiger partial charge in [0, 0.05) is 24.7 Å². The van der Waals surface area contributed by atoms with Crippen LogP contribution in [-0.4, -0.2) is 42.2 Å². The minimum atomic E-state index is -0.105. The maximum Gasteiger partial charge on any atom is 0.246 e. The fourth-order valence-corrected chi connectivity index (χ4v) is 1.77. The van der Waals surface area contributed by atoms with E-state index in [4.69, 9.17) is 9.84 Å². The van der Waals surface area contributed by atoms with Crippen LogP contribution in [0.5, 0.6) is 5.75 Å². The van der Waals surface area contributed by atoms with E-state index in [0.29, 0.717) is 19.7 Å². The van der Waals surface area contributed by atoms with Gasteiger partial charge >= 0.3 is 0 Å². The van der Waals surface area contributed by atoms with Crippen molar-refractivity contribution in [2.75, 3.05) is 26.3 Å². The average Bonchev–Trinajstić information content (AvgIpc) is 2.48. The Bertz CT molecular complexity index is 443. The number of likely N-dealkylation sites (N-methyl/N-ethyl adjacent to an activating group) is 1. The monoisotopic (exact) mass is 277 g/mol. The summed E-state index contributed by atoms with van der Waals surface area (Å²) in [5, 5.41) is 8.91. The molecular weight excluding hydrogens is 254 g/mol. The normalized spacial score (nSPS) is 10.8. The van der Waals surface area contributed by atoms with E-state index in [1.807, 2.05) is 31.2 Å². The number of amides is 1. The van der Waals surface area contributed by atoms with Crippen LogP contribution < -0.4 is 4.74 Å². The third-order valence-electron chi connectivity index (χ3n) is 2.85. The Hall–Kier alpha value is -1.81. The van der Waals surface area contributed by atoms with Crippen molar-refractivity contribution < 1.29 is 14.6 Å². The molecule has 0 aliphatic carbocycles. The van der Waals surface area contributed by atoms with Crippen molar-refractivity contribution in [2.45, 2.75) is 20.3 Å². The lowest BCUT2D eigenvalue weighted by Crippen LogP contribution is -2.31. The Labute approximate surface area is 120 Å². The second kappa shape index (κ2) is 9.15. The smallest absolute Gasteiger partial charge is 0.246 e. The number of ether oxygens (including phenoxy) is 1. The van der Waals surface area contributed by atoms with E-state index in [-0.39, 0.29) is 12.5 Å². The molecule has 4 heteroatoms. The second-order valence-corrected chi connectivity index (χ2v) is 4.36. The number of carbonyl (C=O) groups is 1. The first-order chi connectivity index (χ1) is 9.72. The van der Waals surface area contributed by atoms with Gasteiger partial charge in [-0.15, -0.1) is 0 Å². The van der Waals surface area contributed by atoms with Gasteiger partial charge in [-0.3, -0.25) is 4.79 Å². The highest BCUT2D eigenvalue weighted by Gasteiger charge is 2.07. The minimum Gasteiger partial charge on any atom is -0.493 e. The Morgan fingerprint density at radius 3 is 2.75 bits per heavy atom. The van der Waals surface area contributed by atoms with E-state index in [1.54, 1.807) is 11.0 Å². The molecule has 0 aliphatic heterocycles. The van der Waals surface area contributed by atoms with Crippen LogP contribution in [0.4, 0.5) is 0 Å². The van der Waals surface area contributed by atoms with Gasteiger partial charge in [-0.05, 0) is 25.5 Å². The van der Waals surface area contributed by atoms with E-state index >= 15 is 0 Å². The maximum atomic E-state index is 12.0. The van der Waals surface area contributed by atoms with Crippen LogP contribution in [0, 0.1) is 0 Å². The minimum absolute atomic E-state index is 0.0242. The lowest BCUT2D eigenvalue weighted by molar-refractivity contribution is -0.126. The zero-order valence-electron chi connectivity index (χ0n) is 12.2. The fraction of sp³-hybridized carbons (Fsp3) is 0.438. The molecule has 1 aromatic carbocycles. The first kappa shape index (κ1) is 16.2. The van der Waals surface area contributed by atoms with Crippen LogP contribution in [0.1, 0.15) is 25.8 Å². The fourth-order valence-electron chi connectivity index (χ4n) is 1.77. The molecule has 0 radical (unpaired) electrons. The highest BCUT2D eigenvalue weighted by atomic mass is 16.5. The van der Waals surface area contributed by atoms with Gasteiger partial charge < -0.3 is 14.7 Å². The summed E-state index contributed by atoms with van der Waals surface area (Å²) in [6.45, 7) is 5.51. The molecule has 0 heterocycles. The van der Waals surface area contributed by atoms with E-state index in [0.717, 1.165) is 17.7 Å². The summed E-state index contributed by atoms with van der Waals surface area (Å²) >= 11 is 0. The summed E-state index contributed by atoms with van der Waals surface area (Å²) in [7, 11) is 0. The number of benzene rings is 1. The summed E-state index contributed by atoms with van der Waals surface area (Å²) in [5.74, 6) is 0.676. The van der Waals surface area contributed by atoms with Gasteiger partial charge in [0.25, 0.3) is 0 Å². The van der Waals surface area contributed by atoms with Crippen molar-refractivity contribution in [3.8, 4) is 5.75 Å². The zero-order valence-corrected chi connectivity index (χ0v) is 12.2. The maximum absolute atomic E-state index is 12.0. The third-order valence-corrected chi connectivity index (χ3v) is 2.85. The van der Waals surface area contributed by atoms with Gasteiger partial charge in [0.15, 0.2) is 0 Å². The Morgan fingerprint density at radius 1 is 1.35 bits per heavy atom. The van der Waals surface area contributed by atoms with Crippen molar-refractivity contribution in [1.82, 2.24) is 4.90 Å². The SMILES string of the molecule is CCCOc1ccccc1/C=C/C(=O)N(CC)CCO. The Balaban J connectivity index is 2.76. The lowest BCUT2D eigenvalue weighted by atomic mass is 10.2. The topological polar surface area (TPSA) is 49.8 Å². The van der Waals surface area contributed by atoms with Gasteiger partial charge in [0.05, 0.1) is 13.2 Å². The van der Waals surface area contributed by atoms with Crippen molar-refractivity contribution in [2.24, 2.45) is 0 Å². The lowest BCUT2D eigenvalue weighted by Gasteiger charge is -2.17. The number of hydrogen-bond donors (Lipinski definition) is 1. The molecule has 0 spiro atoms. The average molecular weight is 277 g/mol. The summed E-state index contributed by atoms with van der Waals surface area (Å²) in [6, 6.07) is 7.63. The summed E-state index contributed by atoms with van der Waals surface area (Å²) < 4.78 is 5.64. The number of rotatable bonds is 8. The van der Waals surface area contributed by atoms with Gasteiger partial charge in [-0.2, -0.15) is 0 Å². The van der Waals surface area contributed by atoms with Crippen LogP contribution in [0.25, 0.3) is 6.08 Å². The van der Waals surface area contributed by atoms with E-state index < -0.39 is 0 Å². The van der Waals surface area contributed by atoms with Gasteiger partial charge in [0.2, 0.25) is 5.91 Å². The van der Waals surface area contributed by atoms with Gasteiger partial charge in [-0.1, -0.05) is 25.1 Å². The first-order valence-corrected chi connectivity index (χ1v) is 7.02. The predicted molar refractivity (Wildman–Crippen MR) is 80.6 cm³/mol. The summed E-state index contributed by atoms with van der Waals surface area (Å²) in [4.78, 5) is 13.5. The number of nitrogens with zero attached hydrogens (tertiary/aromatic N) is 1. The molecule has 20 heavy (non-hydrogen) atoms. The molecule has 0 aromatic heterocycles. The van der Waals surface area contributed by atoms with Crippen LogP contribution in [0.3, 0.4) is 0 Å². The molecule has 1 amide bonds. The molecule has 1 aromatic rings. The number of aliphatic hydroxyl groups is 1. The van der Waals surface area contributed by atoms with Crippen LogP contribution in [0.2, 0.25) is 0 Å². The predicted octanol–water partition coefficient (Wildman–Crippen LogP) is 2.33. The van der Waals surface area contributed by atoms with Crippen molar-refractivity contribution >= 4 is 12.0 Å². The zero-order chi connectivity index (χ0) is 14.8. The van der Waals surface area contributed by atoms with Crippen molar-refractivity contribution in [3.05, 3.63) is 35.9 Å². The van der Waals surface area contributed by atoms with Gasteiger partial charge in [0.1, 0.15) is 5.75 Å². The molecule has 1 N–H and O–H groups in total. The van der Waals surface area contributed by atoms with Crippen LogP contribution in [0.15, 0.2) is 30.3 Å². The number of para-hydroxylation sites is 1. The number of aliphatic hydroxyl groups excluding tert-OH is 1. The standard InChI is InChI=1S/C16H23NO3/c1-3-13-20-15-8-6-5-7-14(15)9-10-16(19)17(4-2)11-12-18/h5-10,18H,3-4,11-13H2,1-2H3/b10-9+. The van der Waals surface area contributed by atoms with Crippen LogP contribution in [-0.2, 0) is 4.79 Å². The summed E-state index contributed by atoms with van der Waals surface area (Å²) in [5.41, 5.74) is 0.884.